The Bertz CT molecular complexity index is 542. The highest BCUT2D eigenvalue weighted by molar-refractivity contribution is 6.35. The normalized spacial score (nSPS) is 12.0. The Labute approximate surface area is 127 Å². The molecule has 1 unspecified atom stereocenters. The monoisotopic (exact) mass is 321 g/mol. The average Bonchev–Trinajstić information content (AvgIpc) is 2.82. The second-order valence-electron chi connectivity index (χ2n) is 3.94. The molecule has 1 heterocycles. The van der Waals surface area contributed by atoms with E-state index < -0.39 is 0 Å². The molecule has 0 saturated carbocycles. The minimum Gasteiger partial charge on any atom is -0.459 e. The van der Waals surface area contributed by atoms with E-state index in [0.29, 0.717) is 28.0 Å². The van der Waals surface area contributed by atoms with Crippen molar-refractivity contribution in [2.45, 2.75) is 12.5 Å². The number of aliphatic hydroxyl groups excluding tert-OH is 1. The molecule has 2 rings (SSSR count). The summed E-state index contributed by atoms with van der Waals surface area (Å²) in [6.07, 6.45) is 0.455. The Hall–Kier alpha value is -0.710. The molecular weight excluding hydrogens is 309 g/mol. The van der Waals surface area contributed by atoms with E-state index in [2.05, 4.69) is 0 Å². The highest BCUT2D eigenvalue weighted by Gasteiger charge is 2.13. The van der Waals surface area contributed by atoms with Gasteiger partial charge in [-0.15, -0.1) is 12.4 Å². The molecule has 0 fully saturated rings. The van der Waals surface area contributed by atoms with Gasteiger partial charge in [-0.3, -0.25) is 0 Å². The Morgan fingerprint density at radius 3 is 2.63 bits per heavy atom. The molecule has 6 heteroatoms. The summed E-state index contributed by atoms with van der Waals surface area (Å²) in [5, 5.41) is 10.00. The highest BCUT2D eigenvalue weighted by Crippen LogP contribution is 2.33. The van der Waals surface area contributed by atoms with E-state index in [-0.39, 0.29) is 25.1 Å². The summed E-state index contributed by atoms with van der Waals surface area (Å²) in [6, 6.07) is 8.44. The van der Waals surface area contributed by atoms with Gasteiger partial charge in [-0.2, -0.15) is 0 Å². The van der Waals surface area contributed by atoms with Crippen LogP contribution < -0.4 is 5.73 Å². The zero-order valence-electron chi connectivity index (χ0n) is 9.98. The van der Waals surface area contributed by atoms with Gasteiger partial charge in [0.1, 0.15) is 11.5 Å². The Kier molecular flexibility index (Phi) is 6.17. The fraction of sp³-hybridized carbons (Fsp3) is 0.231. The van der Waals surface area contributed by atoms with Crippen LogP contribution in [0.2, 0.25) is 10.0 Å². The Balaban J connectivity index is 0.00000180. The van der Waals surface area contributed by atoms with Crippen LogP contribution in [0.15, 0.2) is 34.7 Å². The minimum atomic E-state index is -0.318. The van der Waals surface area contributed by atoms with Crippen LogP contribution >= 0.6 is 35.6 Å². The van der Waals surface area contributed by atoms with Gasteiger partial charge in [-0.1, -0.05) is 23.2 Å². The van der Waals surface area contributed by atoms with E-state index in [1.807, 2.05) is 0 Å². The van der Waals surface area contributed by atoms with Crippen molar-refractivity contribution >= 4 is 35.6 Å². The molecule has 0 aliphatic rings. The number of hydrogen-bond acceptors (Lipinski definition) is 3. The van der Waals surface area contributed by atoms with Crippen molar-refractivity contribution in [1.29, 1.82) is 0 Å². The average molecular weight is 323 g/mol. The molecule has 1 aromatic carbocycles. The highest BCUT2D eigenvalue weighted by atomic mass is 35.5. The number of furan rings is 1. The maximum Gasteiger partial charge on any atom is 0.135 e. The van der Waals surface area contributed by atoms with E-state index in [9.17, 15) is 0 Å². The first kappa shape index (κ1) is 16.3. The summed E-state index contributed by atoms with van der Waals surface area (Å²) in [7, 11) is 0. The van der Waals surface area contributed by atoms with Gasteiger partial charge in [-0.25, -0.2) is 0 Å². The third-order valence-electron chi connectivity index (χ3n) is 2.63. The minimum absolute atomic E-state index is 0. The Morgan fingerprint density at radius 2 is 1.95 bits per heavy atom. The maximum absolute atomic E-state index is 8.84. The molecule has 0 aliphatic heterocycles. The number of rotatable bonds is 4. The molecule has 1 atom stereocenters. The molecule has 3 nitrogen and oxygen atoms in total. The van der Waals surface area contributed by atoms with Crippen molar-refractivity contribution < 1.29 is 9.52 Å². The standard InChI is InChI=1S/C13H13Cl2NO2.ClH/c14-8-1-2-10(15)9(7-8)12-3-4-13(18-12)11(16)5-6-17;/h1-4,7,11,17H,5-6,16H2;1H. The van der Waals surface area contributed by atoms with E-state index in [4.69, 9.17) is 38.5 Å². The quantitative estimate of drug-likeness (QED) is 0.892. The summed E-state index contributed by atoms with van der Waals surface area (Å²) in [5.74, 6) is 1.24. The van der Waals surface area contributed by atoms with Crippen molar-refractivity contribution in [1.82, 2.24) is 0 Å². The lowest BCUT2D eigenvalue weighted by Gasteiger charge is -2.06. The van der Waals surface area contributed by atoms with Crippen LogP contribution in [0, 0.1) is 0 Å². The molecule has 104 valence electrons. The summed E-state index contributed by atoms with van der Waals surface area (Å²) in [6.45, 7) is 0.0229. The second-order valence-corrected chi connectivity index (χ2v) is 4.79. The van der Waals surface area contributed by atoms with Crippen molar-refractivity contribution in [3.63, 3.8) is 0 Å². The summed E-state index contributed by atoms with van der Waals surface area (Å²) >= 11 is 12.0. The molecule has 0 saturated heterocycles. The van der Waals surface area contributed by atoms with Crippen LogP contribution in [-0.2, 0) is 0 Å². The molecule has 0 spiro atoms. The largest absolute Gasteiger partial charge is 0.459 e. The van der Waals surface area contributed by atoms with Gasteiger partial charge in [0.15, 0.2) is 0 Å². The van der Waals surface area contributed by atoms with E-state index in [1.54, 1.807) is 30.3 Å². The van der Waals surface area contributed by atoms with Gasteiger partial charge in [0, 0.05) is 17.2 Å². The summed E-state index contributed by atoms with van der Waals surface area (Å²) in [4.78, 5) is 0. The van der Waals surface area contributed by atoms with Crippen LogP contribution in [0.4, 0.5) is 0 Å². The third kappa shape index (κ3) is 3.88. The molecule has 1 aromatic heterocycles. The van der Waals surface area contributed by atoms with Crippen LogP contribution in [0.25, 0.3) is 11.3 Å². The van der Waals surface area contributed by atoms with E-state index >= 15 is 0 Å². The maximum atomic E-state index is 8.84. The molecular formula is C13H14Cl3NO2. The van der Waals surface area contributed by atoms with Crippen molar-refractivity contribution in [2.75, 3.05) is 6.61 Å². The molecule has 19 heavy (non-hydrogen) atoms. The zero-order chi connectivity index (χ0) is 13.1. The Morgan fingerprint density at radius 1 is 1.21 bits per heavy atom. The molecule has 0 aliphatic carbocycles. The van der Waals surface area contributed by atoms with Crippen molar-refractivity contribution in [3.05, 3.63) is 46.1 Å². The van der Waals surface area contributed by atoms with Crippen LogP contribution in [0.1, 0.15) is 18.2 Å². The number of hydrogen-bond donors (Lipinski definition) is 2. The van der Waals surface area contributed by atoms with Crippen molar-refractivity contribution in [2.24, 2.45) is 5.73 Å². The number of halogens is 3. The van der Waals surface area contributed by atoms with Crippen LogP contribution in [0.5, 0.6) is 0 Å². The van der Waals surface area contributed by atoms with Gasteiger partial charge >= 0.3 is 0 Å². The molecule has 3 N–H and O–H groups in total. The first-order valence-electron chi connectivity index (χ1n) is 5.53. The topological polar surface area (TPSA) is 59.4 Å². The van der Waals surface area contributed by atoms with Gasteiger partial charge in [-0.05, 0) is 36.8 Å². The first-order valence-corrected chi connectivity index (χ1v) is 6.29. The lowest BCUT2D eigenvalue weighted by Crippen LogP contribution is -2.10. The summed E-state index contributed by atoms with van der Waals surface area (Å²) in [5.41, 5.74) is 6.58. The van der Waals surface area contributed by atoms with Gasteiger partial charge in [0.25, 0.3) is 0 Å². The smallest absolute Gasteiger partial charge is 0.135 e. The number of benzene rings is 1. The summed E-state index contributed by atoms with van der Waals surface area (Å²) < 4.78 is 5.64. The van der Waals surface area contributed by atoms with Crippen LogP contribution in [-0.4, -0.2) is 11.7 Å². The fourth-order valence-electron chi connectivity index (χ4n) is 1.66. The predicted octanol–water partition coefficient (Wildman–Crippen LogP) is 4.06. The van der Waals surface area contributed by atoms with Crippen LogP contribution in [0.3, 0.4) is 0 Å². The molecule has 0 bridgehead atoms. The van der Waals surface area contributed by atoms with Gasteiger partial charge < -0.3 is 15.3 Å². The first-order chi connectivity index (χ1) is 8.61. The predicted molar refractivity (Wildman–Crippen MR) is 80.0 cm³/mol. The van der Waals surface area contributed by atoms with Crippen molar-refractivity contribution in [3.8, 4) is 11.3 Å². The zero-order valence-corrected chi connectivity index (χ0v) is 12.3. The second kappa shape index (κ2) is 7.17. The fourth-order valence-corrected chi connectivity index (χ4v) is 2.05. The number of aliphatic hydroxyl groups is 1. The SMILES string of the molecule is Cl.NC(CCO)c1ccc(-c2cc(Cl)ccc2Cl)o1. The van der Waals surface area contributed by atoms with Gasteiger partial charge in [0.2, 0.25) is 0 Å². The molecule has 0 amide bonds. The van der Waals surface area contributed by atoms with Gasteiger partial charge in [0.05, 0.1) is 11.1 Å². The lowest BCUT2D eigenvalue weighted by molar-refractivity contribution is 0.269. The van der Waals surface area contributed by atoms with E-state index in [1.165, 1.54) is 0 Å². The lowest BCUT2D eigenvalue weighted by atomic mass is 10.1. The molecule has 2 aromatic rings. The molecule has 0 radical (unpaired) electrons. The third-order valence-corrected chi connectivity index (χ3v) is 3.19. The van der Waals surface area contributed by atoms with E-state index in [0.717, 1.165) is 5.56 Å². The number of nitrogens with two attached hydrogens (primary N) is 1.